The van der Waals surface area contributed by atoms with E-state index in [2.05, 4.69) is 11.8 Å². The van der Waals surface area contributed by atoms with Gasteiger partial charge in [-0.25, -0.2) is 0 Å². The number of aliphatic hydroxyl groups is 1. The van der Waals surface area contributed by atoms with Gasteiger partial charge in [-0.3, -0.25) is 0 Å². The number of rotatable bonds is 6. The Morgan fingerprint density at radius 2 is 2.05 bits per heavy atom. The average Bonchev–Trinajstić information content (AvgIpc) is 2.80. The third kappa shape index (κ3) is 3.71. The highest BCUT2D eigenvalue weighted by Crippen LogP contribution is 2.36. The summed E-state index contributed by atoms with van der Waals surface area (Å²) in [5.41, 5.74) is 6.06. The summed E-state index contributed by atoms with van der Waals surface area (Å²) in [5.74, 6) is 0.529. The summed E-state index contributed by atoms with van der Waals surface area (Å²) in [6.07, 6.45) is 11.4. The van der Waals surface area contributed by atoms with E-state index < -0.39 is 0 Å². The lowest BCUT2D eigenvalue weighted by Gasteiger charge is -2.38. The Bertz CT molecular complexity index is 269. The largest absolute Gasteiger partial charge is 0.394 e. The molecular formula is C16H32N2O. The van der Waals surface area contributed by atoms with Crippen molar-refractivity contribution in [2.75, 3.05) is 19.7 Å². The molecule has 0 bridgehead atoms. The van der Waals surface area contributed by atoms with Crippen molar-refractivity contribution in [3.63, 3.8) is 0 Å². The highest BCUT2D eigenvalue weighted by Gasteiger charge is 2.38. The van der Waals surface area contributed by atoms with E-state index in [9.17, 15) is 5.11 Å². The van der Waals surface area contributed by atoms with E-state index in [-0.39, 0.29) is 12.1 Å². The van der Waals surface area contributed by atoms with Gasteiger partial charge in [0.25, 0.3) is 0 Å². The third-order valence-electron chi connectivity index (χ3n) is 5.44. The summed E-state index contributed by atoms with van der Waals surface area (Å²) >= 11 is 0. The second-order valence-electron chi connectivity index (χ2n) is 6.74. The van der Waals surface area contributed by atoms with Crippen LogP contribution in [-0.2, 0) is 0 Å². The molecule has 0 spiro atoms. The number of aliphatic hydroxyl groups excluding tert-OH is 1. The molecule has 2 fully saturated rings. The lowest BCUT2D eigenvalue weighted by Crippen LogP contribution is -2.48. The fourth-order valence-corrected chi connectivity index (χ4v) is 4.15. The molecule has 1 aliphatic carbocycles. The molecule has 0 aromatic heterocycles. The van der Waals surface area contributed by atoms with Crippen LogP contribution in [0.3, 0.4) is 0 Å². The molecule has 1 saturated carbocycles. The molecule has 3 unspecified atom stereocenters. The molecule has 1 saturated heterocycles. The molecule has 3 N–H and O–H groups in total. The molecular weight excluding hydrogens is 236 g/mol. The van der Waals surface area contributed by atoms with Gasteiger partial charge in [0.05, 0.1) is 6.61 Å². The van der Waals surface area contributed by atoms with Crippen molar-refractivity contribution in [1.82, 2.24) is 4.90 Å². The molecule has 0 amide bonds. The van der Waals surface area contributed by atoms with Crippen LogP contribution in [0.15, 0.2) is 0 Å². The maximum atomic E-state index is 9.53. The lowest BCUT2D eigenvalue weighted by atomic mass is 9.86. The zero-order chi connectivity index (χ0) is 13.7. The van der Waals surface area contributed by atoms with E-state index in [4.69, 9.17) is 5.73 Å². The minimum atomic E-state index is -0.282. The minimum absolute atomic E-state index is 0.163. The lowest BCUT2D eigenvalue weighted by molar-refractivity contribution is 0.108. The molecule has 0 aromatic rings. The van der Waals surface area contributed by atoms with Crippen LogP contribution in [-0.4, -0.2) is 41.3 Å². The fourth-order valence-electron chi connectivity index (χ4n) is 4.15. The highest BCUT2D eigenvalue weighted by molar-refractivity contribution is 4.96. The summed E-state index contributed by atoms with van der Waals surface area (Å²) in [5, 5.41) is 9.53. The van der Waals surface area contributed by atoms with E-state index in [1.165, 1.54) is 64.5 Å². The quantitative estimate of drug-likeness (QED) is 0.778. The molecule has 2 rings (SSSR count). The van der Waals surface area contributed by atoms with Gasteiger partial charge in [-0.1, -0.05) is 26.2 Å². The molecule has 0 radical (unpaired) electrons. The summed E-state index contributed by atoms with van der Waals surface area (Å²) in [6.45, 7) is 4.92. The van der Waals surface area contributed by atoms with E-state index in [1.807, 2.05) is 0 Å². The first-order chi connectivity index (χ1) is 9.19. The van der Waals surface area contributed by atoms with Crippen LogP contribution in [0, 0.1) is 5.92 Å². The maximum Gasteiger partial charge on any atom is 0.0613 e. The topological polar surface area (TPSA) is 49.5 Å². The zero-order valence-corrected chi connectivity index (χ0v) is 12.6. The number of piperidine rings is 1. The Morgan fingerprint density at radius 3 is 2.79 bits per heavy atom. The monoisotopic (exact) mass is 268 g/mol. The van der Waals surface area contributed by atoms with Crippen LogP contribution in [0.2, 0.25) is 0 Å². The van der Waals surface area contributed by atoms with Crippen LogP contribution < -0.4 is 5.73 Å². The van der Waals surface area contributed by atoms with E-state index in [0.717, 1.165) is 12.5 Å². The number of nitrogens with zero attached hydrogens (tertiary/aromatic N) is 1. The van der Waals surface area contributed by atoms with E-state index in [0.29, 0.717) is 5.92 Å². The number of likely N-dealkylation sites (tertiary alicyclic amines) is 1. The Kier molecular flexibility index (Phi) is 5.67. The summed E-state index contributed by atoms with van der Waals surface area (Å²) in [7, 11) is 0. The van der Waals surface area contributed by atoms with Crippen LogP contribution in [0.25, 0.3) is 0 Å². The minimum Gasteiger partial charge on any atom is -0.394 e. The third-order valence-corrected chi connectivity index (χ3v) is 5.44. The predicted octanol–water partition coefficient (Wildman–Crippen LogP) is 2.52. The van der Waals surface area contributed by atoms with Crippen LogP contribution >= 0.6 is 0 Å². The predicted molar refractivity (Wildman–Crippen MR) is 80.1 cm³/mol. The second-order valence-corrected chi connectivity index (χ2v) is 6.74. The van der Waals surface area contributed by atoms with Crippen molar-refractivity contribution in [1.29, 1.82) is 0 Å². The molecule has 2 aliphatic rings. The fraction of sp³-hybridized carbons (Fsp3) is 1.00. The van der Waals surface area contributed by atoms with Gasteiger partial charge >= 0.3 is 0 Å². The molecule has 3 atom stereocenters. The van der Waals surface area contributed by atoms with Crippen LogP contribution in [0.5, 0.6) is 0 Å². The molecule has 0 aromatic carbocycles. The van der Waals surface area contributed by atoms with Crippen LogP contribution in [0.4, 0.5) is 0 Å². The smallest absolute Gasteiger partial charge is 0.0613 e. The zero-order valence-electron chi connectivity index (χ0n) is 12.6. The van der Waals surface area contributed by atoms with E-state index >= 15 is 0 Å². The summed E-state index contributed by atoms with van der Waals surface area (Å²) in [4.78, 5) is 2.70. The van der Waals surface area contributed by atoms with Crippen molar-refractivity contribution in [2.45, 2.75) is 76.3 Å². The van der Waals surface area contributed by atoms with Gasteiger partial charge in [0, 0.05) is 11.6 Å². The van der Waals surface area contributed by atoms with Crippen molar-refractivity contribution in [3.05, 3.63) is 0 Å². The van der Waals surface area contributed by atoms with Gasteiger partial charge in [0.1, 0.15) is 0 Å². The molecule has 3 nitrogen and oxygen atoms in total. The SMILES string of the molecule is CCCC1CCCCN1CCC1CCCC1(N)CO. The Balaban J connectivity index is 1.83. The standard InChI is InChI=1S/C16H32N2O/c1-2-6-15-8-3-4-11-18(15)12-9-14-7-5-10-16(14,17)13-19/h14-15,19H,2-13,17H2,1H3. The number of hydrogen-bond donors (Lipinski definition) is 2. The molecule has 112 valence electrons. The summed E-state index contributed by atoms with van der Waals surface area (Å²) in [6, 6.07) is 0.807. The van der Waals surface area contributed by atoms with Gasteiger partial charge in [-0.05, 0) is 57.5 Å². The molecule has 1 heterocycles. The molecule has 1 aliphatic heterocycles. The first-order valence-electron chi connectivity index (χ1n) is 8.33. The van der Waals surface area contributed by atoms with Crippen LogP contribution in [0.1, 0.15) is 64.7 Å². The first-order valence-corrected chi connectivity index (χ1v) is 8.33. The Morgan fingerprint density at radius 1 is 1.21 bits per heavy atom. The van der Waals surface area contributed by atoms with E-state index in [1.54, 1.807) is 0 Å². The van der Waals surface area contributed by atoms with Gasteiger partial charge in [0.15, 0.2) is 0 Å². The average molecular weight is 268 g/mol. The normalized spacial score (nSPS) is 36.8. The highest BCUT2D eigenvalue weighted by atomic mass is 16.3. The molecule has 3 heteroatoms. The Hall–Kier alpha value is -0.120. The van der Waals surface area contributed by atoms with Crippen molar-refractivity contribution in [2.24, 2.45) is 11.7 Å². The van der Waals surface area contributed by atoms with Gasteiger partial charge < -0.3 is 15.7 Å². The first kappa shape index (κ1) is 15.3. The molecule has 19 heavy (non-hydrogen) atoms. The Labute approximate surface area is 118 Å². The van der Waals surface area contributed by atoms with Crippen molar-refractivity contribution >= 4 is 0 Å². The summed E-state index contributed by atoms with van der Waals surface area (Å²) < 4.78 is 0. The van der Waals surface area contributed by atoms with Crippen molar-refractivity contribution < 1.29 is 5.11 Å². The number of nitrogens with two attached hydrogens (primary N) is 1. The van der Waals surface area contributed by atoms with Gasteiger partial charge in [-0.15, -0.1) is 0 Å². The maximum absolute atomic E-state index is 9.53. The number of hydrogen-bond acceptors (Lipinski definition) is 3. The second kappa shape index (κ2) is 7.05. The van der Waals surface area contributed by atoms with Crippen molar-refractivity contribution in [3.8, 4) is 0 Å². The van der Waals surface area contributed by atoms with Gasteiger partial charge in [0.2, 0.25) is 0 Å². The van der Waals surface area contributed by atoms with Gasteiger partial charge in [-0.2, -0.15) is 0 Å².